The number of amides is 1. The van der Waals surface area contributed by atoms with Crippen molar-refractivity contribution in [3.05, 3.63) is 29.8 Å². The summed E-state index contributed by atoms with van der Waals surface area (Å²) < 4.78 is 5.79. The van der Waals surface area contributed by atoms with Crippen molar-refractivity contribution in [1.29, 1.82) is 0 Å². The van der Waals surface area contributed by atoms with Crippen LogP contribution in [0.3, 0.4) is 0 Å². The summed E-state index contributed by atoms with van der Waals surface area (Å²) in [6.07, 6.45) is 0. The highest BCUT2D eigenvalue weighted by Gasteiger charge is 2.20. The van der Waals surface area contributed by atoms with E-state index in [0.717, 1.165) is 50.0 Å². The molecule has 132 valence electrons. The fourth-order valence-electron chi connectivity index (χ4n) is 2.68. The highest BCUT2D eigenvalue weighted by Crippen LogP contribution is 2.15. The van der Waals surface area contributed by atoms with E-state index < -0.39 is 0 Å². The molecule has 24 heavy (non-hydrogen) atoms. The molecule has 6 nitrogen and oxygen atoms in total. The average molecular weight is 332 g/mol. The van der Waals surface area contributed by atoms with Crippen molar-refractivity contribution in [2.24, 2.45) is 4.99 Å². The van der Waals surface area contributed by atoms with E-state index in [1.54, 1.807) is 6.92 Å². The van der Waals surface area contributed by atoms with Crippen LogP contribution in [0.2, 0.25) is 0 Å². The maximum atomic E-state index is 11.4. The first-order valence-electron chi connectivity index (χ1n) is 8.59. The van der Waals surface area contributed by atoms with E-state index in [9.17, 15) is 4.79 Å². The molecule has 0 aliphatic carbocycles. The average Bonchev–Trinajstić information content (AvgIpc) is 2.59. The number of hydrogen-bond donors (Lipinski definition) is 1. The van der Waals surface area contributed by atoms with Gasteiger partial charge in [-0.05, 0) is 25.5 Å². The summed E-state index contributed by atoms with van der Waals surface area (Å²) >= 11 is 0. The molecular formula is C18H28N4O2. The second-order valence-electron chi connectivity index (χ2n) is 5.84. The largest absolute Gasteiger partial charge is 0.491 e. The number of benzene rings is 1. The minimum Gasteiger partial charge on any atom is -0.491 e. The Balaban J connectivity index is 1.85. The molecule has 2 rings (SSSR count). The number of aliphatic imine (C=N–C) groups is 1. The number of piperazine rings is 1. The standard InChI is InChI=1S/C18H28N4O2/c1-4-19-18(22-12-10-21(11-13-22)16(3)23)20-9-14-24-17-8-6-5-7-15(17)2/h5-8H,4,9-14H2,1-3H3,(H,19,20). The number of ether oxygens (including phenoxy) is 1. The van der Waals surface area contributed by atoms with Crippen LogP contribution >= 0.6 is 0 Å². The fraction of sp³-hybridized carbons (Fsp3) is 0.556. The molecule has 1 aliphatic heterocycles. The highest BCUT2D eigenvalue weighted by atomic mass is 16.5. The van der Waals surface area contributed by atoms with Gasteiger partial charge in [-0.25, -0.2) is 4.99 Å². The summed E-state index contributed by atoms with van der Waals surface area (Å²) in [6.45, 7) is 10.8. The van der Waals surface area contributed by atoms with Gasteiger partial charge in [0.2, 0.25) is 5.91 Å². The van der Waals surface area contributed by atoms with Gasteiger partial charge in [-0.1, -0.05) is 18.2 Å². The number of hydrogen-bond acceptors (Lipinski definition) is 3. The quantitative estimate of drug-likeness (QED) is 0.504. The van der Waals surface area contributed by atoms with E-state index in [0.29, 0.717) is 13.2 Å². The number of nitrogens with one attached hydrogen (secondary N) is 1. The van der Waals surface area contributed by atoms with E-state index in [1.807, 2.05) is 36.1 Å². The maximum absolute atomic E-state index is 11.4. The van der Waals surface area contributed by atoms with Gasteiger partial charge in [0, 0.05) is 39.6 Å². The molecule has 0 spiro atoms. The molecule has 0 saturated carbocycles. The minimum absolute atomic E-state index is 0.142. The molecule has 1 aromatic carbocycles. The van der Waals surface area contributed by atoms with Gasteiger partial charge < -0.3 is 19.9 Å². The van der Waals surface area contributed by atoms with Crippen molar-refractivity contribution in [1.82, 2.24) is 15.1 Å². The molecule has 0 radical (unpaired) electrons. The minimum atomic E-state index is 0.142. The van der Waals surface area contributed by atoms with Gasteiger partial charge in [-0.15, -0.1) is 0 Å². The van der Waals surface area contributed by atoms with Crippen LogP contribution in [-0.2, 0) is 4.79 Å². The first kappa shape index (κ1) is 18.1. The lowest BCUT2D eigenvalue weighted by Crippen LogP contribution is -2.53. The zero-order chi connectivity index (χ0) is 17.4. The van der Waals surface area contributed by atoms with Gasteiger partial charge in [0.25, 0.3) is 0 Å². The second kappa shape index (κ2) is 9.15. The van der Waals surface area contributed by atoms with E-state index in [2.05, 4.69) is 22.1 Å². The third kappa shape index (κ3) is 5.15. The number of guanidine groups is 1. The molecule has 1 aliphatic rings. The van der Waals surface area contributed by atoms with E-state index in [-0.39, 0.29) is 5.91 Å². The molecule has 0 atom stereocenters. The SMILES string of the molecule is CCNC(=NCCOc1ccccc1C)N1CCN(C(C)=O)CC1. The van der Waals surface area contributed by atoms with Crippen LogP contribution in [0.15, 0.2) is 29.3 Å². The van der Waals surface area contributed by atoms with Crippen LogP contribution in [-0.4, -0.2) is 67.5 Å². The van der Waals surface area contributed by atoms with Crippen LogP contribution in [0.1, 0.15) is 19.4 Å². The van der Waals surface area contributed by atoms with E-state index in [1.165, 1.54) is 0 Å². The fourth-order valence-corrected chi connectivity index (χ4v) is 2.68. The van der Waals surface area contributed by atoms with Crippen LogP contribution in [0, 0.1) is 6.92 Å². The summed E-state index contributed by atoms with van der Waals surface area (Å²) in [7, 11) is 0. The Kier molecular flexibility index (Phi) is 6.90. The Bertz CT molecular complexity index is 566. The van der Waals surface area contributed by atoms with Crippen LogP contribution in [0.25, 0.3) is 0 Å². The molecule has 1 heterocycles. The van der Waals surface area contributed by atoms with E-state index >= 15 is 0 Å². The monoisotopic (exact) mass is 332 g/mol. The molecule has 1 saturated heterocycles. The number of rotatable bonds is 5. The van der Waals surface area contributed by atoms with Crippen molar-refractivity contribution in [3.8, 4) is 5.75 Å². The molecule has 0 unspecified atom stereocenters. The van der Waals surface area contributed by atoms with Crippen molar-refractivity contribution in [3.63, 3.8) is 0 Å². The third-order valence-corrected chi connectivity index (χ3v) is 4.06. The molecule has 1 amide bonds. The Labute approximate surface area is 144 Å². The van der Waals surface area contributed by atoms with Crippen LogP contribution < -0.4 is 10.1 Å². The number of nitrogens with zero attached hydrogens (tertiary/aromatic N) is 3. The molecule has 1 N–H and O–H groups in total. The van der Waals surface area contributed by atoms with Gasteiger partial charge in [0.1, 0.15) is 12.4 Å². The maximum Gasteiger partial charge on any atom is 0.219 e. The van der Waals surface area contributed by atoms with Gasteiger partial charge in [0.05, 0.1) is 6.54 Å². The lowest BCUT2D eigenvalue weighted by Gasteiger charge is -2.36. The molecule has 0 bridgehead atoms. The lowest BCUT2D eigenvalue weighted by molar-refractivity contribution is -0.130. The van der Waals surface area contributed by atoms with Gasteiger partial charge >= 0.3 is 0 Å². The van der Waals surface area contributed by atoms with Gasteiger partial charge in [-0.3, -0.25) is 4.79 Å². The first-order valence-corrected chi connectivity index (χ1v) is 8.59. The van der Waals surface area contributed by atoms with Gasteiger partial charge in [-0.2, -0.15) is 0 Å². The molecule has 6 heteroatoms. The Hall–Kier alpha value is -2.24. The predicted molar refractivity (Wildman–Crippen MR) is 96.5 cm³/mol. The Morgan fingerprint density at radius 3 is 2.50 bits per heavy atom. The Morgan fingerprint density at radius 2 is 1.88 bits per heavy atom. The normalized spacial score (nSPS) is 15.4. The summed E-state index contributed by atoms with van der Waals surface area (Å²) in [4.78, 5) is 20.2. The summed E-state index contributed by atoms with van der Waals surface area (Å²) in [5.74, 6) is 1.95. The first-order chi connectivity index (χ1) is 11.6. The van der Waals surface area contributed by atoms with Crippen LogP contribution in [0.4, 0.5) is 0 Å². The number of carbonyl (C=O) groups is 1. The molecule has 1 fully saturated rings. The van der Waals surface area contributed by atoms with Crippen LogP contribution in [0.5, 0.6) is 5.75 Å². The molecule has 1 aromatic rings. The van der Waals surface area contributed by atoms with Crippen molar-refractivity contribution in [2.45, 2.75) is 20.8 Å². The zero-order valence-electron chi connectivity index (χ0n) is 14.9. The molecular weight excluding hydrogens is 304 g/mol. The topological polar surface area (TPSA) is 57.2 Å². The van der Waals surface area contributed by atoms with E-state index in [4.69, 9.17) is 4.74 Å². The Morgan fingerprint density at radius 1 is 1.21 bits per heavy atom. The summed E-state index contributed by atoms with van der Waals surface area (Å²) in [6, 6.07) is 8.00. The highest BCUT2D eigenvalue weighted by molar-refractivity contribution is 5.80. The predicted octanol–water partition coefficient (Wildman–Crippen LogP) is 1.50. The third-order valence-electron chi connectivity index (χ3n) is 4.06. The summed E-state index contributed by atoms with van der Waals surface area (Å²) in [5.41, 5.74) is 1.13. The second-order valence-corrected chi connectivity index (χ2v) is 5.84. The number of para-hydroxylation sites is 1. The number of carbonyl (C=O) groups excluding carboxylic acids is 1. The van der Waals surface area contributed by atoms with Gasteiger partial charge in [0.15, 0.2) is 5.96 Å². The summed E-state index contributed by atoms with van der Waals surface area (Å²) in [5, 5.41) is 3.32. The zero-order valence-corrected chi connectivity index (χ0v) is 14.9. The number of aryl methyl sites for hydroxylation is 1. The lowest BCUT2D eigenvalue weighted by atomic mass is 10.2. The van der Waals surface area contributed by atoms with Crippen molar-refractivity contribution in [2.75, 3.05) is 45.9 Å². The van der Waals surface area contributed by atoms with Crippen molar-refractivity contribution < 1.29 is 9.53 Å². The molecule has 0 aromatic heterocycles. The van der Waals surface area contributed by atoms with Crippen molar-refractivity contribution >= 4 is 11.9 Å². The smallest absolute Gasteiger partial charge is 0.219 e.